The van der Waals surface area contributed by atoms with Gasteiger partial charge in [-0.1, -0.05) is 43.7 Å². The van der Waals surface area contributed by atoms with Crippen LogP contribution in [0.3, 0.4) is 0 Å². The van der Waals surface area contributed by atoms with Gasteiger partial charge in [-0.05, 0) is 25.8 Å². The summed E-state index contributed by atoms with van der Waals surface area (Å²) in [7, 11) is 0. The third-order valence-electron chi connectivity index (χ3n) is 2.42. The zero-order valence-electron chi connectivity index (χ0n) is 10.3. The second kappa shape index (κ2) is 6.31. The number of ether oxygens (including phenoxy) is 1. The van der Waals surface area contributed by atoms with Crippen LogP contribution < -0.4 is 0 Å². The minimum atomic E-state index is -0.117. The molecule has 1 unspecified atom stereocenters. The maximum atomic E-state index is 11.9. The van der Waals surface area contributed by atoms with E-state index in [1.807, 2.05) is 44.2 Å². The molecule has 0 aromatic heterocycles. The Hall–Kier alpha value is -1.31. The Morgan fingerprint density at radius 2 is 1.88 bits per heavy atom. The van der Waals surface area contributed by atoms with Crippen LogP contribution >= 0.6 is 0 Å². The Balaban J connectivity index is 2.79. The zero-order valence-corrected chi connectivity index (χ0v) is 10.3. The predicted octanol–water partition coefficient (Wildman–Crippen LogP) is 3.52. The molecule has 0 aliphatic rings. The van der Waals surface area contributed by atoms with Crippen LogP contribution in [0, 0.1) is 0 Å². The third kappa shape index (κ3) is 3.69. The molecule has 0 heterocycles. The van der Waals surface area contributed by atoms with Gasteiger partial charge in [0.2, 0.25) is 0 Å². The van der Waals surface area contributed by atoms with E-state index in [-0.39, 0.29) is 18.0 Å². The highest BCUT2D eigenvalue weighted by molar-refractivity contribution is 5.78. The van der Waals surface area contributed by atoms with Gasteiger partial charge in [0.15, 0.2) is 0 Å². The standard InChI is InChI=1S/C14H20O2/c1-4-8-13(14(15)16-11(2)3)12-9-6-5-7-10-12/h5-7,9-11,13H,4,8H2,1-3H3. The van der Waals surface area contributed by atoms with Crippen LogP contribution in [0.4, 0.5) is 0 Å². The van der Waals surface area contributed by atoms with Crippen molar-refractivity contribution >= 4 is 5.97 Å². The van der Waals surface area contributed by atoms with Crippen molar-refractivity contribution in [3.8, 4) is 0 Å². The highest BCUT2D eigenvalue weighted by Gasteiger charge is 2.21. The third-order valence-corrected chi connectivity index (χ3v) is 2.42. The smallest absolute Gasteiger partial charge is 0.313 e. The molecule has 0 bridgehead atoms. The first kappa shape index (κ1) is 12.8. The molecule has 0 aliphatic carbocycles. The fraction of sp³-hybridized carbons (Fsp3) is 0.500. The Morgan fingerprint density at radius 1 is 1.25 bits per heavy atom. The normalized spacial score (nSPS) is 12.5. The molecule has 0 fully saturated rings. The summed E-state index contributed by atoms with van der Waals surface area (Å²) in [5, 5.41) is 0. The summed E-state index contributed by atoms with van der Waals surface area (Å²) in [6.07, 6.45) is 1.78. The predicted molar refractivity (Wildman–Crippen MR) is 65.3 cm³/mol. The van der Waals surface area contributed by atoms with Crippen LogP contribution in [0.5, 0.6) is 0 Å². The summed E-state index contributed by atoms with van der Waals surface area (Å²) >= 11 is 0. The molecule has 2 nitrogen and oxygen atoms in total. The van der Waals surface area contributed by atoms with E-state index in [0.717, 1.165) is 18.4 Å². The monoisotopic (exact) mass is 220 g/mol. The summed E-state index contributed by atoms with van der Waals surface area (Å²) in [5.41, 5.74) is 1.05. The molecule has 0 amide bonds. The fourth-order valence-corrected chi connectivity index (χ4v) is 1.71. The lowest BCUT2D eigenvalue weighted by Gasteiger charge is -2.17. The van der Waals surface area contributed by atoms with Crippen molar-refractivity contribution in [3.05, 3.63) is 35.9 Å². The van der Waals surface area contributed by atoms with Crippen LogP contribution in [-0.2, 0) is 9.53 Å². The number of rotatable bonds is 5. The number of hydrogen-bond acceptors (Lipinski definition) is 2. The molecule has 2 heteroatoms. The lowest BCUT2D eigenvalue weighted by atomic mass is 9.95. The SMILES string of the molecule is CCCC(C(=O)OC(C)C)c1ccccc1. The molecule has 0 N–H and O–H groups in total. The Kier molecular flexibility index (Phi) is 5.03. The van der Waals surface area contributed by atoms with Crippen LogP contribution in [0.2, 0.25) is 0 Å². The molecule has 0 aliphatic heterocycles. The Labute approximate surface area is 97.6 Å². The molecule has 1 atom stereocenters. The minimum absolute atomic E-state index is 0.0458. The number of carbonyl (C=O) groups is 1. The largest absolute Gasteiger partial charge is 0.463 e. The van der Waals surface area contributed by atoms with Gasteiger partial charge in [-0.15, -0.1) is 0 Å². The average molecular weight is 220 g/mol. The lowest BCUT2D eigenvalue weighted by molar-refractivity contribution is -0.149. The first-order valence-corrected chi connectivity index (χ1v) is 5.90. The van der Waals surface area contributed by atoms with Gasteiger partial charge >= 0.3 is 5.97 Å². The van der Waals surface area contributed by atoms with Crippen molar-refractivity contribution in [1.29, 1.82) is 0 Å². The number of hydrogen-bond donors (Lipinski definition) is 0. The first-order valence-electron chi connectivity index (χ1n) is 5.90. The van der Waals surface area contributed by atoms with Crippen molar-refractivity contribution in [2.75, 3.05) is 0 Å². The molecule has 0 radical (unpaired) electrons. The molecule has 1 aromatic carbocycles. The summed E-state index contributed by atoms with van der Waals surface area (Å²) in [6, 6.07) is 9.85. The van der Waals surface area contributed by atoms with Gasteiger partial charge in [0.1, 0.15) is 0 Å². The summed E-state index contributed by atoms with van der Waals surface area (Å²) in [4.78, 5) is 11.9. The summed E-state index contributed by atoms with van der Waals surface area (Å²) in [6.45, 7) is 5.84. The number of esters is 1. The van der Waals surface area contributed by atoms with E-state index < -0.39 is 0 Å². The van der Waals surface area contributed by atoms with E-state index >= 15 is 0 Å². The highest BCUT2D eigenvalue weighted by Crippen LogP contribution is 2.23. The summed E-state index contributed by atoms with van der Waals surface area (Å²) < 4.78 is 5.28. The van der Waals surface area contributed by atoms with E-state index in [0.29, 0.717) is 0 Å². The molecule has 0 saturated heterocycles. The molecule has 1 rings (SSSR count). The van der Waals surface area contributed by atoms with Gasteiger partial charge in [-0.3, -0.25) is 4.79 Å². The van der Waals surface area contributed by atoms with Crippen molar-refractivity contribution in [2.45, 2.75) is 45.6 Å². The molecule has 0 saturated carbocycles. The fourth-order valence-electron chi connectivity index (χ4n) is 1.71. The quantitative estimate of drug-likeness (QED) is 0.710. The van der Waals surface area contributed by atoms with Crippen molar-refractivity contribution < 1.29 is 9.53 Å². The molecular weight excluding hydrogens is 200 g/mol. The van der Waals surface area contributed by atoms with E-state index in [2.05, 4.69) is 6.92 Å². The van der Waals surface area contributed by atoms with Gasteiger partial charge in [0, 0.05) is 0 Å². The summed E-state index contributed by atoms with van der Waals surface area (Å²) in [5.74, 6) is -0.225. The maximum absolute atomic E-state index is 11.9. The van der Waals surface area contributed by atoms with E-state index in [9.17, 15) is 4.79 Å². The van der Waals surface area contributed by atoms with Gasteiger partial charge in [-0.25, -0.2) is 0 Å². The van der Waals surface area contributed by atoms with E-state index in [4.69, 9.17) is 4.74 Å². The molecule has 16 heavy (non-hydrogen) atoms. The van der Waals surface area contributed by atoms with Crippen LogP contribution in [-0.4, -0.2) is 12.1 Å². The molecular formula is C14H20O2. The first-order chi connectivity index (χ1) is 7.65. The highest BCUT2D eigenvalue weighted by atomic mass is 16.5. The van der Waals surface area contributed by atoms with Gasteiger partial charge in [0.05, 0.1) is 12.0 Å². The minimum Gasteiger partial charge on any atom is -0.463 e. The van der Waals surface area contributed by atoms with Crippen molar-refractivity contribution in [3.63, 3.8) is 0 Å². The van der Waals surface area contributed by atoms with Gasteiger partial charge in [-0.2, -0.15) is 0 Å². The second-order valence-corrected chi connectivity index (χ2v) is 4.24. The molecule has 88 valence electrons. The maximum Gasteiger partial charge on any atom is 0.313 e. The van der Waals surface area contributed by atoms with Crippen LogP contribution in [0.15, 0.2) is 30.3 Å². The topological polar surface area (TPSA) is 26.3 Å². The van der Waals surface area contributed by atoms with Gasteiger partial charge in [0.25, 0.3) is 0 Å². The molecule has 1 aromatic rings. The Morgan fingerprint density at radius 3 is 2.38 bits per heavy atom. The van der Waals surface area contributed by atoms with Crippen LogP contribution in [0.1, 0.15) is 45.1 Å². The Bertz CT molecular complexity index is 317. The van der Waals surface area contributed by atoms with E-state index in [1.54, 1.807) is 0 Å². The van der Waals surface area contributed by atoms with E-state index in [1.165, 1.54) is 0 Å². The van der Waals surface area contributed by atoms with Gasteiger partial charge < -0.3 is 4.74 Å². The average Bonchev–Trinajstić information content (AvgIpc) is 2.26. The number of benzene rings is 1. The number of carbonyl (C=O) groups excluding carboxylic acids is 1. The second-order valence-electron chi connectivity index (χ2n) is 4.24. The molecule has 0 spiro atoms. The van der Waals surface area contributed by atoms with Crippen molar-refractivity contribution in [1.82, 2.24) is 0 Å². The van der Waals surface area contributed by atoms with Crippen LogP contribution in [0.25, 0.3) is 0 Å². The lowest BCUT2D eigenvalue weighted by Crippen LogP contribution is -2.19. The zero-order chi connectivity index (χ0) is 12.0. The van der Waals surface area contributed by atoms with Crippen molar-refractivity contribution in [2.24, 2.45) is 0 Å².